The molecule has 1 N–H and O–H groups in total. The fourth-order valence-corrected chi connectivity index (χ4v) is 4.30. The maximum atomic E-state index is 4.74. The average Bonchev–Trinajstić information content (AvgIpc) is 3.04. The van der Waals surface area contributed by atoms with Gasteiger partial charge in [-0.25, -0.2) is 0 Å². The van der Waals surface area contributed by atoms with Gasteiger partial charge in [-0.15, -0.1) is 0 Å². The molecule has 1 aliphatic heterocycles. The number of para-hydroxylation sites is 1. The molecule has 0 aliphatic carbocycles. The van der Waals surface area contributed by atoms with Gasteiger partial charge in [-0.05, 0) is 45.0 Å². The van der Waals surface area contributed by atoms with Crippen LogP contribution in [-0.2, 0) is 6.54 Å². The zero-order valence-corrected chi connectivity index (χ0v) is 14.6. The number of hydrogen-bond donors (Lipinski definition) is 1. The molecule has 1 aromatic heterocycles. The number of nitrogens with zero attached hydrogens (tertiary/aromatic N) is 2. The van der Waals surface area contributed by atoms with Crippen LogP contribution in [0.4, 0.5) is 5.69 Å². The normalized spacial score (nSPS) is 16.9. The van der Waals surface area contributed by atoms with E-state index in [1.807, 2.05) is 0 Å². The Kier molecular flexibility index (Phi) is 3.38. The number of nitrogens with one attached hydrogen (secondary N) is 1. The van der Waals surface area contributed by atoms with E-state index in [4.69, 9.17) is 4.99 Å². The molecule has 23 heavy (non-hydrogen) atoms. The van der Waals surface area contributed by atoms with Crippen molar-refractivity contribution in [3.8, 4) is 0 Å². The predicted octanol–water partition coefficient (Wildman–Crippen LogP) is 5.11. The molecule has 0 saturated heterocycles. The Morgan fingerprint density at radius 1 is 1.13 bits per heavy atom. The first-order valence-electron chi connectivity index (χ1n) is 8.08. The van der Waals surface area contributed by atoms with Crippen LogP contribution >= 0.6 is 11.8 Å². The van der Waals surface area contributed by atoms with E-state index in [0.29, 0.717) is 0 Å². The molecule has 2 aromatic carbocycles. The van der Waals surface area contributed by atoms with E-state index in [9.17, 15) is 0 Å². The summed E-state index contributed by atoms with van der Waals surface area (Å²) in [5.41, 5.74) is 3.74. The number of anilines is 1. The Bertz CT molecular complexity index is 921. The Balaban J connectivity index is 1.81. The van der Waals surface area contributed by atoms with Crippen molar-refractivity contribution >= 4 is 44.4 Å². The van der Waals surface area contributed by atoms with Crippen LogP contribution in [0.1, 0.15) is 20.8 Å². The molecular formula is C19H21N3S. The summed E-state index contributed by atoms with van der Waals surface area (Å²) in [4.78, 5) is 4.74. The summed E-state index contributed by atoms with van der Waals surface area (Å²) < 4.78 is 2.37. The Hall–Kier alpha value is -1.94. The van der Waals surface area contributed by atoms with Crippen LogP contribution in [-0.4, -0.2) is 21.0 Å². The van der Waals surface area contributed by atoms with E-state index in [-0.39, 0.29) is 5.54 Å². The minimum absolute atomic E-state index is 0.0370. The standard InChI is InChI=1S/C19H21N3S/c1-4-22-16-8-6-5-7-14(16)15-11-13(9-10-17(15)22)20-18-21-19(2,3)12-23-18/h5-11H,4,12H2,1-3H3,(H,20,21). The summed E-state index contributed by atoms with van der Waals surface area (Å²) in [5, 5.41) is 7.12. The topological polar surface area (TPSA) is 29.3 Å². The fraction of sp³-hybridized carbons (Fsp3) is 0.316. The van der Waals surface area contributed by atoms with E-state index >= 15 is 0 Å². The quantitative estimate of drug-likeness (QED) is 0.710. The second-order valence-corrected chi connectivity index (χ2v) is 7.60. The average molecular weight is 323 g/mol. The van der Waals surface area contributed by atoms with Gasteiger partial charge in [-0.1, -0.05) is 30.0 Å². The van der Waals surface area contributed by atoms with Crippen LogP contribution in [0.5, 0.6) is 0 Å². The van der Waals surface area contributed by atoms with Gasteiger partial charge >= 0.3 is 0 Å². The lowest BCUT2D eigenvalue weighted by Gasteiger charge is -2.09. The number of rotatable bonds is 2. The van der Waals surface area contributed by atoms with Crippen molar-refractivity contribution in [3.63, 3.8) is 0 Å². The number of aromatic nitrogens is 1. The van der Waals surface area contributed by atoms with E-state index in [1.54, 1.807) is 11.8 Å². The fourth-order valence-electron chi connectivity index (χ4n) is 3.24. The van der Waals surface area contributed by atoms with Crippen LogP contribution in [0.3, 0.4) is 0 Å². The zero-order valence-electron chi connectivity index (χ0n) is 13.8. The number of thioether (sulfide) groups is 1. The van der Waals surface area contributed by atoms with E-state index in [2.05, 4.69) is 73.1 Å². The lowest BCUT2D eigenvalue weighted by molar-refractivity contribution is 0.605. The number of amidine groups is 1. The Labute approximate surface area is 140 Å². The number of fused-ring (bicyclic) bond motifs is 3. The van der Waals surface area contributed by atoms with Gasteiger partial charge in [0, 0.05) is 39.8 Å². The maximum absolute atomic E-state index is 4.74. The van der Waals surface area contributed by atoms with Crippen molar-refractivity contribution < 1.29 is 0 Å². The van der Waals surface area contributed by atoms with Crippen molar-refractivity contribution in [1.29, 1.82) is 0 Å². The molecule has 4 rings (SSSR count). The van der Waals surface area contributed by atoms with Crippen LogP contribution in [0.15, 0.2) is 47.5 Å². The van der Waals surface area contributed by atoms with Gasteiger partial charge in [0.05, 0.1) is 5.54 Å². The highest BCUT2D eigenvalue weighted by Gasteiger charge is 2.25. The highest BCUT2D eigenvalue weighted by molar-refractivity contribution is 8.14. The third kappa shape index (κ3) is 2.51. The number of hydrogen-bond acceptors (Lipinski definition) is 3. The first-order valence-corrected chi connectivity index (χ1v) is 9.07. The molecule has 0 bridgehead atoms. The van der Waals surface area contributed by atoms with Crippen molar-refractivity contribution in [2.24, 2.45) is 4.99 Å². The smallest absolute Gasteiger partial charge is 0.161 e. The summed E-state index contributed by atoms with van der Waals surface area (Å²) in [6.07, 6.45) is 0. The minimum Gasteiger partial charge on any atom is -0.341 e. The largest absolute Gasteiger partial charge is 0.341 e. The van der Waals surface area contributed by atoms with Gasteiger partial charge < -0.3 is 9.88 Å². The summed E-state index contributed by atoms with van der Waals surface area (Å²) in [7, 11) is 0. The van der Waals surface area contributed by atoms with Crippen LogP contribution in [0.25, 0.3) is 21.8 Å². The molecule has 2 heterocycles. The number of benzene rings is 2. The van der Waals surface area contributed by atoms with Crippen molar-refractivity contribution in [3.05, 3.63) is 42.5 Å². The monoisotopic (exact) mass is 323 g/mol. The second kappa shape index (κ2) is 5.31. The van der Waals surface area contributed by atoms with Crippen LogP contribution in [0, 0.1) is 0 Å². The predicted molar refractivity (Wildman–Crippen MR) is 103 cm³/mol. The van der Waals surface area contributed by atoms with Gasteiger partial charge in [0.15, 0.2) is 5.17 Å². The van der Waals surface area contributed by atoms with E-state index in [1.165, 1.54) is 21.8 Å². The molecule has 0 atom stereocenters. The van der Waals surface area contributed by atoms with Crippen molar-refractivity contribution in [2.45, 2.75) is 32.9 Å². The number of aliphatic imine (C=N–C) groups is 1. The summed E-state index contributed by atoms with van der Waals surface area (Å²) >= 11 is 1.80. The first-order chi connectivity index (χ1) is 11.1. The molecule has 0 amide bonds. The molecule has 0 unspecified atom stereocenters. The Morgan fingerprint density at radius 3 is 2.65 bits per heavy atom. The third-order valence-electron chi connectivity index (χ3n) is 4.31. The first kappa shape index (κ1) is 14.6. The van der Waals surface area contributed by atoms with Gasteiger partial charge in [0.25, 0.3) is 0 Å². The van der Waals surface area contributed by atoms with Crippen LogP contribution < -0.4 is 5.32 Å². The van der Waals surface area contributed by atoms with Gasteiger partial charge in [0.1, 0.15) is 0 Å². The zero-order chi connectivity index (χ0) is 16.0. The number of aryl methyl sites for hydroxylation is 1. The van der Waals surface area contributed by atoms with Crippen molar-refractivity contribution in [2.75, 3.05) is 11.1 Å². The molecule has 0 saturated carbocycles. The van der Waals surface area contributed by atoms with Crippen molar-refractivity contribution in [1.82, 2.24) is 4.57 Å². The molecule has 0 spiro atoms. The molecule has 0 fully saturated rings. The summed E-state index contributed by atoms with van der Waals surface area (Å²) in [5.74, 6) is 1.03. The lowest BCUT2D eigenvalue weighted by Crippen LogP contribution is -2.15. The SMILES string of the molecule is CCn1c2ccccc2c2cc(NC3=NC(C)(C)CS3)ccc21. The summed E-state index contributed by atoms with van der Waals surface area (Å²) in [6.45, 7) is 7.52. The van der Waals surface area contributed by atoms with E-state index < -0.39 is 0 Å². The highest BCUT2D eigenvalue weighted by atomic mass is 32.2. The molecule has 4 heteroatoms. The molecule has 118 valence electrons. The second-order valence-electron chi connectivity index (χ2n) is 6.64. The van der Waals surface area contributed by atoms with Gasteiger partial charge in [-0.3, -0.25) is 4.99 Å². The molecule has 1 aliphatic rings. The summed E-state index contributed by atoms with van der Waals surface area (Å²) in [6, 6.07) is 15.2. The van der Waals surface area contributed by atoms with Gasteiger partial charge in [0.2, 0.25) is 0 Å². The minimum atomic E-state index is 0.0370. The highest BCUT2D eigenvalue weighted by Crippen LogP contribution is 2.32. The third-order valence-corrected chi connectivity index (χ3v) is 5.62. The Morgan fingerprint density at radius 2 is 1.91 bits per heavy atom. The molecule has 3 aromatic rings. The van der Waals surface area contributed by atoms with Crippen LogP contribution in [0.2, 0.25) is 0 Å². The molecular weight excluding hydrogens is 302 g/mol. The van der Waals surface area contributed by atoms with Gasteiger partial charge in [-0.2, -0.15) is 0 Å². The molecule has 0 radical (unpaired) electrons. The molecule has 3 nitrogen and oxygen atoms in total. The van der Waals surface area contributed by atoms with E-state index in [0.717, 1.165) is 23.2 Å². The maximum Gasteiger partial charge on any atom is 0.161 e. The lowest BCUT2D eigenvalue weighted by atomic mass is 10.1.